The lowest BCUT2D eigenvalue weighted by Crippen LogP contribution is -2.36. The maximum Gasteiger partial charge on any atom is 0.323 e. The Balaban J connectivity index is 2.34. The van der Waals surface area contributed by atoms with Gasteiger partial charge in [-0.25, -0.2) is 8.42 Å². The Morgan fingerprint density at radius 1 is 1.28 bits per heavy atom. The van der Waals surface area contributed by atoms with E-state index in [1.165, 1.54) is 12.8 Å². The second kappa shape index (κ2) is 7.09. The van der Waals surface area contributed by atoms with Crippen LogP contribution < -0.4 is 5.73 Å². The third kappa shape index (κ3) is 6.35. The fourth-order valence-corrected chi connectivity index (χ4v) is 2.75. The molecule has 1 aliphatic rings. The van der Waals surface area contributed by atoms with E-state index in [-0.39, 0.29) is 18.3 Å². The van der Waals surface area contributed by atoms with Crippen LogP contribution in [0.4, 0.5) is 0 Å². The first-order valence-electron chi connectivity index (χ1n) is 6.52. The summed E-state index contributed by atoms with van der Waals surface area (Å²) in [6, 6.07) is -0.831. The summed E-state index contributed by atoms with van der Waals surface area (Å²) in [6.45, 7) is 0. The second-order valence-electron chi connectivity index (χ2n) is 5.08. The average molecular weight is 277 g/mol. The first-order chi connectivity index (χ1) is 8.38. The highest BCUT2D eigenvalue weighted by Crippen LogP contribution is 2.20. The minimum Gasteiger partial charge on any atom is -0.461 e. The Labute approximate surface area is 109 Å². The van der Waals surface area contributed by atoms with Crippen molar-refractivity contribution in [3.63, 3.8) is 0 Å². The number of carbonyl (C=O) groups is 1. The van der Waals surface area contributed by atoms with Gasteiger partial charge >= 0.3 is 5.97 Å². The Kier molecular flexibility index (Phi) is 6.08. The van der Waals surface area contributed by atoms with Crippen LogP contribution in [0.25, 0.3) is 0 Å². The number of carbonyl (C=O) groups excluding carboxylic acids is 1. The van der Waals surface area contributed by atoms with E-state index in [1.807, 2.05) is 0 Å². The molecule has 18 heavy (non-hydrogen) atoms. The molecule has 1 fully saturated rings. The van der Waals surface area contributed by atoms with E-state index in [0.29, 0.717) is 0 Å². The summed E-state index contributed by atoms with van der Waals surface area (Å²) in [5.74, 6) is -0.543. The zero-order valence-corrected chi connectivity index (χ0v) is 11.7. The summed E-state index contributed by atoms with van der Waals surface area (Å²) in [5, 5.41) is 0. The van der Waals surface area contributed by atoms with Gasteiger partial charge in [-0.15, -0.1) is 0 Å². The average Bonchev–Trinajstić information content (AvgIpc) is 2.53. The molecule has 6 heteroatoms. The van der Waals surface area contributed by atoms with Crippen molar-refractivity contribution < 1.29 is 17.9 Å². The summed E-state index contributed by atoms with van der Waals surface area (Å²) in [7, 11) is -3.08. The first kappa shape index (κ1) is 15.4. The van der Waals surface area contributed by atoms with Crippen LogP contribution >= 0.6 is 0 Å². The molecule has 1 unspecified atom stereocenters. The van der Waals surface area contributed by atoms with Crippen LogP contribution in [0.3, 0.4) is 0 Å². The topological polar surface area (TPSA) is 86.5 Å². The van der Waals surface area contributed by atoms with E-state index in [2.05, 4.69) is 0 Å². The van der Waals surface area contributed by atoms with E-state index in [0.717, 1.165) is 31.9 Å². The lowest BCUT2D eigenvalue weighted by molar-refractivity contribution is -0.151. The van der Waals surface area contributed by atoms with Crippen LogP contribution in [0.2, 0.25) is 0 Å². The maximum absolute atomic E-state index is 11.7. The zero-order chi connectivity index (χ0) is 13.6. The molecule has 0 radical (unpaired) electrons. The molecule has 0 aromatic carbocycles. The van der Waals surface area contributed by atoms with Gasteiger partial charge in [0.05, 0.1) is 5.75 Å². The highest BCUT2D eigenvalue weighted by atomic mass is 32.2. The monoisotopic (exact) mass is 277 g/mol. The number of hydrogen-bond donors (Lipinski definition) is 1. The molecule has 2 N–H and O–H groups in total. The maximum atomic E-state index is 11.7. The van der Waals surface area contributed by atoms with Gasteiger partial charge in [-0.05, 0) is 32.1 Å². The highest BCUT2D eigenvalue weighted by Gasteiger charge is 2.22. The van der Waals surface area contributed by atoms with Gasteiger partial charge in [-0.1, -0.05) is 12.8 Å². The normalized spacial score (nSPS) is 20.1. The third-order valence-electron chi connectivity index (χ3n) is 3.19. The van der Waals surface area contributed by atoms with Crippen molar-refractivity contribution in [1.82, 2.24) is 0 Å². The predicted molar refractivity (Wildman–Crippen MR) is 69.9 cm³/mol. The van der Waals surface area contributed by atoms with Gasteiger partial charge in [0.15, 0.2) is 0 Å². The van der Waals surface area contributed by atoms with Gasteiger partial charge in [0.2, 0.25) is 0 Å². The van der Waals surface area contributed by atoms with Crippen LogP contribution in [0.1, 0.15) is 44.9 Å². The summed E-state index contributed by atoms with van der Waals surface area (Å²) < 4.78 is 27.3. The molecule has 0 aromatic rings. The molecule has 1 atom stereocenters. The standard InChI is InChI=1S/C12H23NO4S/c1-18(15,16)9-8-11(13)12(14)17-10-6-4-2-3-5-7-10/h10-11H,2-9,13H2,1H3. The van der Waals surface area contributed by atoms with Crippen molar-refractivity contribution >= 4 is 15.8 Å². The van der Waals surface area contributed by atoms with Crippen molar-refractivity contribution in [3.8, 4) is 0 Å². The largest absolute Gasteiger partial charge is 0.461 e. The third-order valence-corrected chi connectivity index (χ3v) is 4.16. The molecule has 0 bridgehead atoms. The molecular formula is C12H23NO4S. The number of hydrogen-bond acceptors (Lipinski definition) is 5. The Hall–Kier alpha value is -0.620. The molecule has 1 aliphatic carbocycles. The Morgan fingerprint density at radius 3 is 2.33 bits per heavy atom. The summed E-state index contributed by atoms with van der Waals surface area (Å²) in [5.41, 5.74) is 5.64. The molecular weight excluding hydrogens is 254 g/mol. The lowest BCUT2D eigenvalue weighted by Gasteiger charge is -2.18. The number of sulfone groups is 1. The van der Waals surface area contributed by atoms with Gasteiger partial charge < -0.3 is 10.5 Å². The molecule has 1 saturated carbocycles. The molecule has 0 aromatic heterocycles. The number of rotatable bonds is 5. The lowest BCUT2D eigenvalue weighted by atomic mass is 10.1. The van der Waals surface area contributed by atoms with Crippen LogP contribution in [-0.2, 0) is 19.4 Å². The van der Waals surface area contributed by atoms with Crippen LogP contribution in [0.5, 0.6) is 0 Å². The van der Waals surface area contributed by atoms with Gasteiger partial charge in [-0.3, -0.25) is 4.79 Å². The SMILES string of the molecule is CS(=O)(=O)CCC(N)C(=O)OC1CCCCCC1. The van der Waals surface area contributed by atoms with Crippen molar-refractivity contribution in [2.24, 2.45) is 5.73 Å². The van der Waals surface area contributed by atoms with Gasteiger partial charge in [0.25, 0.3) is 0 Å². The molecule has 0 spiro atoms. The van der Waals surface area contributed by atoms with E-state index in [9.17, 15) is 13.2 Å². The molecule has 0 amide bonds. The van der Waals surface area contributed by atoms with E-state index in [4.69, 9.17) is 10.5 Å². The molecule has 0 aliphatic heterocycles. The van der Waals surface area contributed by atoms with Crippen LogP contribution in [0, 0.1) is 0 Å². The Bertz CT molecular complexity index is 358. The predicted octanol–water partition coefficient (Wildman–Crippen LogP) is 1.01. The fraction of sp³-hybridized carbons (Fsp3) is 0.917. The van der Waals surface area contributed by atoms with Crippen molar-refractivity contribution in [2.45, 2.75) is 57.1 Å². The summed E-state index contributed by atoms with van der Waals surface area (Å²) in [4.78, 5) is 11.7. The summed E-state index contributed by atoms with van der Waals surface area (Å²) in [6.07, 6.45) is 7.55. The summed E-state index contributed by atoms with van der Waals surface area (Å²) >= 11 is 0. The Morgan fingerprint density at radius 2 is 1.83 bits per heavy atom. The highest BCUT2D eigenvalue weighted by molar-refractivity contribution is 7.90. The van der Waals surface area contributed by atoms with Crippen LogP contribution in [-0.4, -0.2) is 38.5 Å². The molecule has 106 valence electrons. The molecule has 5 nitrogen and oxygen atoms in total. The van der Waals surface area contributed by atoms with E-state index in [1.54, 1.807) is 0 Å². The quantitative estimate of drug-likeness (QED) is 0.599. The zero-order valence-electron chi connectivity index (χ0n) is 10.9. The second-order valence-corrected chi connectivity index (χ2v) is 7.34. The number of esters is 1. The molecule has 1 rings (SSSR count). The smallest absolute Gasteiger partial charge is 0.323 e. The van der Waals surface area contributed by atoms with E-state index >= 15 is 0 Å². The van der Waals surface area contributed by atoms with Crippen molar-refractivity contribution in [2.75, 3.05) is 12.0 Å². The number of ether oxygens (including phenoxy) is 1. The van der Waals surface area contributed by atoms with E-state index < -0.39 is 21.8 Å². The minimum atomic E-state index is -3.08. The van der Waals surface area contributed by atoms with Crippen LogP contribution in [0.15, 0.2) is 0 Å². The van der Waals surface area contributed by atoms with Gasteiger partial charge in [0.1, 0.15) is 22.0 Å². The number of nitrogens with two attached hydrogens (primary N) is 1. The molecule has 0 heterocycles. The molecule has 0 saturated heterocycles. The first-order valence-corrected chi connectivity index (χ1v) is 8.58. The van der Waals surface area contributed by atoms with Gasteiger partial charge in [0, 0.05) is 6.26 Å². The van der Waals surface area contributed by atoms with Gasteiger partial charge in [-0.2, -0.15) is 0 Å². The minimum absolute atomic E-state index is 0.0377. The van der Waals surface area contributed by atoms with Crippen molar-refractivity contribution in [1.29, 1.82) is 0 Å². The van der Waals surface area contributed by atoms with Crippen molar-refractivity contribution in [3.05, 3.63) is 0 Å². The fourth-order valence-electron chi connectivity index (χ4n) is 2.07.